The molecule has 5 nitrogen and oxygen atoms in total. The van der Waals surface area contributed by atoms with Gasteiger partial charge in [-0.25, -0.2) is 8.78 Å². The van der Waals surface area contributed by atoms with Crippen molar-refractivity contribution in [1.82, 2.24) is 0 Å². The molecule has 0 amide bonds. The molecule has 0 aliphatic rings. The summed E-state index contributed by atoms with van der Waals surface area (Å²) in [5, 5.41) is 10.9. The van der Waals surface area contributed by atoms with Crippen LogP contribution in [0.2, 0.25) is 5.02 Å². The van der Waals surface area contributed by atoms with Crippen molar-refractivity contribution in [2.75, 3.05) is 0 Å². The number of nitro benzene ring substituents is 1. The molecule has 2 aromatic carbocycles. The van der Waals surface area contributed by atoms with E-state index in [0.717, 1.165) is 24.3 Å². The maximum Gasteiger partial charge on any atom is 0.313 e. The zero-order chi connectivity index (χ0) is 15.6. The molecule has 0 bridgehead atoms. The first-order valence-electron chi connectivity index (χ1n) is 5.48. The predicted octanol–water partition coefficient (Wildman–Crippen LogP) is 4.13. The van der Waals surface area contributed by atoms with E-state index >= 15 is 0 Å². The molecule has 0 atom stereocenters. The Balaban J connectivity index is 2.48. The van der Waals surface area contributed by atoms with E-state index in [1.807, 2.05) is 0 Å². The van der Waals surface area contributed by atoms with E-state index < -0.39 is 28.0 Å². The Morgan fingerprint density at radius 2 is 1.81 bits per heavy atom. The van der Waals surface area contributed by atoms with Crippen molar-refractivity contribution < 1.29 is 23.2 Å². The molecule has 0 aromatic heterocycles. The molecule has 0 N–H and O–H groups in total. The van der Waals surface area contributed by atoms with Crippen molar-refractivity contribution in [3.05, 3.63) is 62.7 Å². The van der Waals surface area contributed by atoms with E-state index in [2.05, 4.69) is 0 Å². The summed E-state index contributed by atoms with van der Waals surface area (Å²) in [6.45, 7) is 0. The highest BCUT2D eigenvalue weighted by Crippen LogP contribution is 2.35. The maximum atomic E-state index is 13.7. The number of ether oxygens (including phenoxy) is 1. The molecular formula is C13H6ClF2NO4. The van der Waals surface area contributed by atoms with Gasteiger partial charge in [-0.15, -0.1) is 0 Å². The van der Waals surface area contributed by atoms with Crippen LogP contribution in [0, 0.1) is 21.7 Å². The summed E-state index contributed by atoms with van der Waals surface area (Å²) in [6, 6.07) is 4.90. The first-order valence-corrected chi connectivity index (χ1v) is 5.86. The van der Waals surface area contributed by atoms with Crippen LogP contribution in [-0.2, 0) is 0 Å². The number of aldehydes is 1. The van der Waals surface area contributed by atoms with Gasteiger partial charge in [-0.05, 0) is 24.3 Å². The van der Waals surface area contributed by atoms with Gasteiger partial charge >= 0.3 is 5.69 Å². The maximum absolute atomic E-state index is 13.7. The van der Waals surface area contributed by atoms with Crippen LogP contribution in [0.25, 0.3) is 0 Å². The molecule has 0 spiro atoms. The third-order valence-electron chi connectivity index (χ3n) is 2.49. The van der Waals surface area contributed by atoms with Gasteiger partial charge in [-0.1, -0.05) is 11.6 Å². The largest absolute Gasteiger partial charge is 0.444 e. The highest BCUT2D eigenvalue weighted by atomic mass is 35.5. The summed E-state index contributed by atoms with van der Waals surface area (Å²) in [4.78, 5) is 20.6. The SMILES string of the molecule is O=Cc1cc(F)c(Oc2ccc(Cl)cc2[N+](=O)[O-])c(F)c1. The predicted molar refractivity (Wildman–Crippen MR) is 69.9 cm³/mol. The second-order valence-electron chi connectivity index (χ2n) is 3.90. The molecule has 0 aliphatic carbocycles. The third kappa shape index (κ3) is 3.14. The normalized spacial score (nSPS) is 10.2. The molecule has 0 fully saturated rings. The van der Waals surface area contributed by atoms with Crippen molar-refractivity contribution in [1.29, 1.82) is 0 Å². The Hall–Kier alpha value is -2.54. The summed E-state index contributed by atoms with van der Waals surface area (Å²) < 4.78 is 32.3. The highest BCUT2D eigenvalue weighted by Gasteiger charge is 2.20. The molecule has 2 rings (SSSR count). The molecule has 0 unspecified atom stereocenters. The Labute approximate surface area is 121 Å². The third-order valence-corrected chi connectivity index (χ3v) is 2.72. The van der Waals surface area contributed by atoms with Crippen LogP contribution >= 0.6 is 11.6 Å². The second-order valence-corrected chi connectivity index (χ2v) is 4.34. The molecule has 2 aromatic rings. The number of carbonyl (C=O) groups excluding carboxylic acids is 1. The van der Waals surface area contributed by atoms with Crippen molar-refractivity contribution in [3.8, 4) is 11.5 Å². The van der Waals surface area contributed by atoms with E-state index in [1.165, 1.54) is 6.07 Å². The Bertz CT molecular complexity index is 713. The van der Waals surface area contributed by atoms with Crippen molar-refractivity contribution >= 4 is 23.6 Å². The monoisotopic (exact) mass is 313 g/mol. The van der Waals surface area contributed by atoms with Gasteiger partial charge in [-0.3, -0.25) is 14.9 Å². The van der Waals surface area contributed by atoms with Crippen LogP contribution < -0.4 is 4.74 Å². The van der Waals surface area contributed by atoms with Gasteiger partial charge in [0.1, 0.15) is 6.29 Å². The van der Waals surface area contributed by atoms with Gasteiger partial charge in [0.25, 0.3) is 0 Å². The van der Waals surface area contributed by atoms with Crippen LogP contribution in [-0.4, -0.2) is 11.2 Å². The van der Waals surface area contributed by atoms with E-state index in [-0.39, 0.29) is 22.6 Å². The summed E-state index contributed by atoms with van der Waals surface area (Å²) in [5.41, 5.74) is -0.760. The van der Waals surface area contributed by atoms with Crippen molar-refractivity contribution in [2.24, 2.45) is 0 Å². The van der Waals surface area contributed by atoms with Gasteiger partial charge in [0.2, 0.25) is 5.75 Å². The summed E-state index contributed by atoms with van der Waals surface area (Å²) in [6.07, 6.45) is 0.265. The van der Waals surface area contributed by atoms with Gasteiger partial charge in [0.15, 0.2) is 17.4 Å². The minimum absolute atomic E-state index is 0.0753. The summed E-state index contributed by atoms with van der Waals surface area (Å²) in [5.74, 6) is -3.52. The van der Waals surface area contributed by atoms with Crippen molar-refractivity contribution in [3.63, 3.8) is 0 Å². The Morgan fingerprint density at radius 3 is 2.33 bits per heavy atom. The topological polar surface area (TPSA) is 69.4 Å². The smallest absolute Gasteiger partial charge is 0.313 e. The summed E-state index contributed by atoms with van der Waals surface area (Å²) in [7, 11) is 0. The molecular weight excluding hydrogens is 308 g/mol. The summed E-state index contributed by atoms with van der Waals surface area (Å²) >= 11 is 5.62. The molecule has 108 valence electrons. The minimum atomic E-state index is -1.15. The highest BCUT2D eigenvalue weighted by molar-refractivity contribution is 6.30. The van der Waals surface area contributed by atoms with Gasteiger partial charge in [-0.2, -0.15) is 0 Å². The Morgan fingerprint density at radius 1 is 1.19 bits per heavy atom. The molecule has 8 heteroatoms. The quantitative estimate of drug-likeness (QED) is 0.483. The van der Waals surface area contributed by atoms with Crippen molar-refractivity contribution in [2.45, 2.75) is 0 Å². The first kappa shape index (κ1) is 14.9. The van der Waals surface area contributed by atoms with E-state index in [0.29, 0.717) is 0 Å². The van der Waals surface area contributed by atoms with Crippen LogP contribution in [0.4, 0.5) is 14.5 Å². The molecule has 0 saturated carbocycles. The lowest BCUT2D eigenvalue weighted by Crippen LogP contribution is -1.98. The second kappa shape index (κ2) is 5.84. The minimum Gasteiger partial charge on any atom is -0.444 e. The average molecular weight is 314 g/mol. The number of carbonyl (C=O) groups is 1. The number of hydrogen-bond acceptors (Lipinski definition) is 4. The lowest BCUT2D eigenvalue weighted by Gasteiger charge is -2.09. The Kier molecular flexibility index (Phi) is 4.13. The average Bonchev–Trinajstić information content (AvgIpc) is 2.43. The number of benzene rings is 2. The number of nitro groups is 1. The molecule has 0 radical (unpaired) electrons. The van der Waals surface area contributed by atoms with Gasteiger partial charge < -0.3 is 4.74 Å². The fraction of sp³-hybridized carbons (Fsp3) is 0. The lowest BCUT2D eigenvalue weighted by atomic mass is 10.2. The van der Waals surface area contributed by atoms with Gasteiger partial charge in [0.05, 0.1) is 4.92 Å². The number of hydrogen-bond donors (Lipinski definition) is 0. The molecule has 0 saturated heterocycles. The lowest BCUT2D eigenvalue weighted by molar-refractivity contribution is -0.385. The fourth-order valence-electron chi connectivity index (χ4n) is 1.57. The van der Waals surface area contributed by atoms with Gasteiger partial charge in [0, 0.05) is 16.7 Å². The van der Waals surface area contributed by atoms with E-state index in [4.69, 9.17) is 16.3 Å². The van der Waals surface area contributed by atoms with Crippen LogP contribution in [0.15, 0.2) is 30.3 Å². The van der Waals surface area contributed by atoms with Crippen LogP contribution in [0.5, 0.6) is 11.5 Å². The standard InChI is InChI=1S/C13H6ClF2NO4/c14-8-1-2-12(11(5-8)17(19)20)21-13-9(15)3-7(6-18)4-10(13)16/h1-6H. The van der Waals surface area contributed by atoms with Crippen LogP contribution in [0.1, 0.15) is 10.4 Å². The molecule has 0 aliphatic heterocycles. The molecule has 21 heavy (non-hydrogen) atoms. The van der Waals surface area contributed by atoms with E-state index in [9.17, 15) is 23.7 Å². The molecule has 0 heterocycles. The number of halogens is 3. The zero-order valence-corrected chi connectivity index (χ0v) is 10.9. The first-order chi connectivity index (χ1) is 9.92. The van der Waals surface area contributed by atoms with E-state index in [1.54, 1.807) is 0 Å². The number of rotatable bonds is 4. The number of nitrogens with zero attached hydrogens (tertiary/aromatic N) is 1. The fourth-order valence-corrected chi connectivity index (χ4v) is 1.74. The van der Waals surface area contributed by atoms with Crippen LogP contribution in [0.3, 0.4) is 0 Å². The zero-order valence-electron chi connectivity index (χ0n) is 10.2.